The van der Waals surface area contributed by atoms with Crippen molar-refractivity contribution in [3.05, 3.63) is 29.7 Å². The van der Waals surface area contributed by atoms with Gasteiger partial charge in [0, 0.05) is 13.2 Å². The van der Waals surface area contributed by atoms with E-state index in [2.05, 4.69) is 15.5 Å². The van der Waals surface area contributed by atoms with E-state index in [9.17, 15) is 14.4 Å². The van der Waals surface area contributed by atoms with E-state index in [0.29, 0.717) is 0 Å². The summed E-state index contributed by atoms with van der Waals surface area (Å²) < 4.78 is 7.62. The first-order valence-corrected chi connectivity index (χ1v) is 7.17. The SMILES string of the molecule is CCOC(=O)c1cnn(C)c1NC(=O)c1cnn(CCC(=O)O)c1. The Morgan fingerprint density at radius 2 is 2.04 bits per heavy atom. The van der Waals surface area contributed by atoms with Crippen molar-refractivity contribution < 1.29 is 24.2 Å². The number of rotatable bonds is 7. The standard InChI is InChI=1S/C14H17N5O5/c1-3-24-14(23)10-7-15-18(2)12(10)17-13(22)9-6-16-19(8-9)5-4-11(20)21/h6-8H,3-5H2,1-2H3,(H,17,22)(H,20,21). The fourth-order valence-corrected chi connectivity index (χ4v) is 1.94. The van der Waals surface area contributed by atoms with E-state index in [1.54, 1.807) is 14.0 Å². The Kier molecular flexibility index (Phi) is 5.30. The van der Waals surface area contributed by atoms with Gasteiger partial charge in [0.2, 0.25) is 0 Å². The van der Waals surface area contributed by atoms with Crippen LogP contribution in [0.2, 0.25) is 0 Å². The molecule has 0 aromatic carbocycles. The molecule has 2 aromatic rings. The van der Waals surface area contributed by atoms with Gasteiger partial charge < -0.3 is 15.2 Å². The molecule has 0 aliphatic carbocycles. The highest BCUT2D eigenvalue weighted by Crippen LogP contribution is 2.16. The number of aromatic nitrogens is 4. The van der Waals surface area contributed by atoms with E-state index in [-0.39, 0.29) is 36.5 Å². The Balaban J connectivity index is 2.11. The number of esters is 1. The molecule has 0 aliphatic heterocycles. The van der Waals surface area contributed by atoms with Crippen LogP contribution in [0.5, 0.6) is 0 Å². The number of carboxylic acid groups (broad SMARTS) is 1. The number of nitrogens with one attached hydrogen (secondary N) is 1. The van der Waals surface area contributed by atoms with Crippen LogP contribution in [0.1, 0.15) is 34.1 Å². The molecule has 0 aliphatic rings. The number of carbonyl (C=O) groups excluding carboxylic acids is 2. The van der Waals surface area contributed by atoms with Crippen LogP contribution >= 0.6 is 0 Å². The first-order chi connectivity index (χ1) is 11.4. The van der Waals surface area contributed by atoms with Crippen molar-refractivity contribution >= 4 is 23.7 Å². The van der Waals surface area contributed by atoms with Gasteiger partial charge in [0.1, 0.15) is 11.4 Å². The van der Waals surface area contributed by atoms with E-state index in [1.165, 1.54) is 28.0 Å². The Labute approximate surface area is 137 Å². The zero-order valence-electron chi connectivity index (χ0n) is 13.2. The van der Waals surface area contributed by atoms with Crippen molar-refractivity contribution in [3.63, 3.8) is 0 Å². The summed E-state index contributed by atoms with van der Waals surface area (Å²) in [4.78, 5) is 34.7. The molecule has 0 saturated carbocycles. The molecule has 1 amide bonds. The topological polar surface area (TPSA) is 128 Å². The number of anilines is 1. The molecule has 2 N–H and O–H groups in total. The smallest absolute Gasteiger partial charge is 0.343 e. The average molecular weight is 335 g/mol. The maximum Gasteiger partial charge on any atom is 0.343 e. The molecule has 2 aromatic heterocycles. The number of hydrogen-bond donors (Lipinski definition) is 2. The molecule has 10 heteroatoms. The molecular formula is C14H17N5O5. The van der Waals surface area contributed by atoms with Gasteiger partial charge >= 0.3 is 11.9 Å². The Morgan fingerprint density at radius 3 is 2.71 bits per heavy atom. The summed E-state index contributed by atoms with van der Waals surface area (Å²) in [6, 6.07) is 0. The normalized spacial score (nSPS) is 10.4. The number of ether oxygens (including phenoxy) is 1. The second-order valence-corrected chi connectivity index (χ2v) is 4.84. The molecule has 0 spiro atoms. The highest BCUT2D eigenvalue weighted by Gasteiger charge is 2.20. The van der Waals surface area contributed by atoms with Gasteiger partial charge in [-0.3, -0.25) is 19.0 Å². The summed E-state index contributed by atoms with van der Waals surface area (Å²) in [5.74, 6) is -1.83. The van der Waals surface area contributed by atoms with Crippen LogP contribution in [-0.2, 0) is 23.1 Å². The van der Waals surface area contributed by atoms with E-state index < -0.39 is 17.8 Å². The second-order valence-electron chi connectivity index (χ2n) is 4.84. The van der Waals surface area contributed by atoms with Gasteiger partial charge in [0.05, 0.1) is 37.5 Å². The molecule has 0 saturated heterocycles. The summed E-state index contributed by atoms with van der Waals surface area (Å²) in [6.07, 6.45) is 3.96. The Morgan fingerprint density at radius 1 is 1.29 bits per heavy atom. The van der Waals surface area contributed by atoms with E-state index >= 15 is 0 Å². The largest absolute Gasteiger partial charge is 0.481 e. The van der Waals surface area contributed by atoms with Gasteiger partial charge in [0.15, 0.2) is 0 Å². The molecule has 0 bridgehead atoms. The second kappa shape index (κ2) is 7.40. The summed E-state index contributed by atoms with van der Waals surface area (Å²) >= 11 is 0. The van der Waals surface area contributed by atoms with Crippen LogP contribution in [0.3, 0.4) is 0 Å². The van der Waals surface area contributed by atoms with Crippen molar-refractivity contribution in [2.45, 2.75) is 19.9 Å². The number of amides is 1. The average Bonchev–Trinajstić information content (AvgIpc) is 3.13. The summed E-state index contributed by atoms with van der Waals surface area (Å²) in [5.41, 5.74) is 0.377. The van der Waals surface area contributed by atoms with Crippen molar-refractivity contribution in [1.82, 2.24) is 19.6 Å². The minimum Gasteiger partial charge on any atom is -0.481 e. The third-order valence-corrected chi connectivity index (χ3v) is 3.12. The third kappa shape index (κ3) is 3.97. The molecule has 128 valence electrons. The van der Waals surface area contributed by atoms with Crippen LogP contribution in [0.25, 0.3) is 0 Å². The van der Waals surface area contributed by atoms with E-state index in [1.807, 2.05) is 0 Å². The Bertz CT molecular complexity index is 763. The lowest BCUT2D eigenvalue weighted by molar-refractivity contribution is -0.137. The maximum atomic E-state index is 12.3. The van der Waals surface area contributed by atoms with Gasteiger partial charge in [0.25, 0.3) is 5.91 Å². The van der Waals surface area contributed by atoms with Gasteiger partial charge in [-0.05, 0) is 6.92 Å². The zero-order chi connectivity index (χ0) is 17.7. The number of aliphatic carboxylic acids is 1. The number of carbonyl (C=O) groups is 3. The van der Waals surface area contributed by atoms with Crippen molar-refractivity contribution in [1.29, 1.82) is 0 Å². The molecule has 0 radical (unpaired) electrons. The lowest BCUT2D eigenvalue weighted by Gasteiger charge is -2.07. The van der Waals surface area contributed by atoms with Crippen molar-refractivity contribution in [2.75, 3.05) is 11.9 Å². The van der Waals surface area contributed by atoms with Crippen LogP contribution < -0.4 is 5.32 Å². The molecular weight excluding hydrogens is 318 g/mol. The van der Waals surface area contributed by atoms with E-state index in [4.69, 9.17) is 9.84 Å². The van der Waals surface area contributed by atoms with Gasteiger partial charge in [-0.2, -0.15) is 10.2 Å². The van der Waals surface area contributed by atoms with Crippen molar-refractivity contribution in [3.8, 4) is 0 Å². The minimum absolute atomic E-state index is 0.0997. The number of carboxylic acids is 1. The van der Waals surface area contributed by atoms with Crippen LogP contribution in [0.15, 0.2) is 18.6 Å². The number of nitrogens with zero attached hydrogens (tertiary/aromatic N) is 4. The molecule has 10 nitrogen and oxygen atoms in total. The fourth-order valence-electron chi connectivity index (χ4n) is 1.94. The molecule has 24 heavy (non-hydrogen) atoms. The molecule has 2 heterocycles. The summed E-state index contributed by atoms with van der Waals surface area (Å²) in [7, 11) is 1.58. The summed E-state index contributed by atoms with van der Waals surface area (Å²) in [5, 5.41) is 19.1. The first kappa shape index (κ1) is 17.2. The first-order valence-electron chi connectivity index (χ1n) is 7.17. The highest BCUT2D eigenvalue weighted by atomic mass is 16.5. The maximum absolute atomic E-state index is 12.3. The monoisotopic (exact) mass is 335 g/mol. The summed E-state index contributed by atoms with van der Waals surface area (Å²) in [6.45, 7) is 2.04. The predicted octanol–water partition coefficient (Wildman–Crippen LogP) is 0.520. The lowest BCUT2D eigenvalue weighted by Crippen LogP contribution is -2.17. The van der Waals surface area contributed by atoms with Gasteiger partial charge in [-0.25, -0.2) is 4.79 Å². The quantitative estimate of drug-likeness (QED) is 0.706. The van der Waals surface area contributed by atoms with Crippen LogP contribution in [0, 0.1) is 0 Å². The molecule has 2 rings (SSSR count). The number of hydrogen-bond acceptors (Lipinski definition) is 6. The zero-order valence-corrected chi connectivity index (χ0v) is 13.2. The fraction of sp³-hybridized carbons (Fsp3) is 0.357. The predicted molar refractivity (Wildman–Crippen MR) is 81.6 cm³/mol. The van der Waals surface area contributed by atoms with E-state index in [0.717, 1.165) is 0 Å². The number of aryl methyl sites for hydroxylation is 2. The van der Waals surface area contributed by atoms with Crippen LogP contribution in [-0.4, -0.2) is 49.1 Å². The van der Waals surface area contributed by atoms with Crippen molar-refractivity contribution in [2.24, 2.45) is 7.05 Å². The highest BCUT2D eigenvalue weighted by molar-refractivity contribution is 6.07. The third-order valence-electron chi connectivity index (χ3n) is 3.12. The lowest BCUT2D eigenvalue weighted by atomic mass is 10.3. The molecule has 0 atom stereocenters. The van der Waals surface area contributed by atoms with Gasteiger partial charge in [-0.15, -0.1) is 0 Å². The Hall–Kier alpha value is -3.17. The molecule has 0 fully saturated rings. The minimum atomic E-state index is -0.953. The molecule has 0 unspecified atom stereocenters. The van der Waals surface area contributed by atoms with Crippen LogP contribution in [0.4, 0.5) is 5.82 Å². The van der Waals surface area contributed by atoms with Gasteiger partial charge in [-0.1, -0.05) is 0 Å².